The molecule has 0 saturated heterocycles. The van der Waals surface area contributed by atoms with Crippen LogP contribution in [-0.4, -0.2) is 19.5 Å². The van der Waals surface area contributed by atoms with Crippen molar-refractivity contribution in [3.63, 3.8) is 0 Å². The van der Waals surface area contributed by atoms with Gasteiger partial charge in [-0.1, -0.05) is 0 Å². The number of rotatable bonds is 1. The molecule has 7 heteroatoms. The highest BCUT2D eigenvalue weighted by Crippen LogP contribution is 2.16. The molecule has 15 heavy (non-hydrogen) atoms. The molecule has 0 aliphatic rings. The first-order valence-corrected chi connectivity index (χ1v) is 4.32. The van der Waals surface area contributed by atoms with Gasteiger partial charge in [-0.05, 0) is 11.6 Å². The smallest absolute Gasteiger partial charge is 0.224 e. The summed E-state index contributed by atoms with van der Waals surface area (Å²) < 4.78 is 1.45. The van der Waals surface area contributed by atoms with Gasteiger partial charge in [-0.3, -0.25) is 4.57 Å². The first-order valence-electron chi connectivity index (χ1n) is 3.94. The zero-order valence-corrected chi connectivity index (χ0v) is 8.18. The predicted octanol–water partition coefficient (Wildman–Crippen LogP) is 0.770. The number of halogens is 1. The van der Waals surface area contributed by atoms with E-state index in [1.165, 1.54) is 17.0 Å². The van der Waals surface area contributed by atoms with Crippen LogP contribution in [0.3, 0.4) is 0 Å². The summed E-state index contributed by atoms with van der Waals surface area (Å²) in [5.74, 6) is 0.542. The number of hydrogen-bond donors (Lipinski definition) is 1. The number of imidazole rings is 1. The van der Waals surface area contributed by atoms with E-state index < -0.39 is 0 Å². The van der Waals surface area contributed by atoms with Crippen LogP contribution >= 0.6 is 11.6 Å². The third-order valence-corrected chi connectivity index (χ3v) is 1.92. The number of nitriles is 1. The van der Waals surface area contributed by atoms with Crippen LogP contribution in [0.25, 0.3) is 5.82 Å². The molecule has 2 aromatic rings. The maximum atomic E-state index is 8.78. The Morgan fingerprint density at radius 3 is 3.00 bits per heavy atom. The second-order valence-electron chi connectivity index (χ2n) is 2.65. The van der Waals surface area contributed by atoms with E-state index in [1.54, 1.807) is 6.20 Å². The van der Waals surface area contributed by atoms with E-state index in [1.807, 2.05) is 6.07 Å². The standard InChI is InChI=1S/C8H5ClN6/c9-8-13-4-5(11)7(14-8)15-2-1-12-6(15)3-10/h1-2,4H,11H2. The molecule has 0 unspecified atom stereocenters. The molecule has 6 nitrogen and oxygen atoms in total. The van der Waals surface area contributed by atoms with E-state index >= 15 is 0 Å². The average Bonchev–Trinajstić information content (AvgIpc) is 2.69. The minimum absolute atomic E-state index is 0.0665. The molecule has 0 aliphatic heterocycles. The van der Waals surface area contributed by atoms with Crippen molar-refractivity contribution in [3.05, 3.63) is 29.7 Å². The Morgan fingerprint density at radius 2 is 2.27 bits per heavy atom. The van der Waals surface area contributed by atoms with Crippen molar-refractivity contribution in [2.24, 2.45) is 0 Å². The van der Waals surface area contributed by atoms with Gasteiger partial charge in [-0.25, -0.2) is 9.97 Å². The lowest BCUT2D eigenvalue weighted by Gasteiger charge is -2.05. The molecule has 0 amide bonds. The van der Waals surface area contributed by atoms with E-state index in [0.717, 1.165) is 0 Å². The van der Waals surface area contributed by atoms with Gasteiger partial charge in [0.1, 0.15) is 6.07 Å². The van der Waals surface area contributed by atoms with Crippen molar-refractivity contribution in [3.8, 4) is 11.9 Å². The van der Waals surface area contributed by atoms with E-state index in [2.05, 4.69) is 15.0 Å². The van der Waals surface area contributed by atoms with E-state index in [4.69, 9.17) is 22.6 Å². The lowest BCUT2D eigenvalue weighted by atomic mass is 10.4. The SMILES string of the molecule is N#Cc1nccn1-c1nc(Cl)ncc1N. The second kappa shape index (κ2) is 3.55. The van der Waals surface area contributed by atoms with Gasteiger partial charge < -0.3 is 5.73 Å². The highest BCUT2D eigenvalue weighted by molar-refractivity contribution is 6.28. The Kier molecular flexibility index (Phi) is 2.23. The summed E-state index contributed by atoms with van der Waals surface area (Å²) >= 11 is 5.63. The predicted molar refractivity (Wildman–Crippen MR) is 53.3 cm³/mol. The van der Waals surface area contributed by atoms with Gasteiger partial charge in [-0.2, -0.15) is 10.2 Å². The first-order chi connectivity index (χ1) is 7.22. The Bertz CT molecular complexity index is 540. The molecule has 0 spiro atoms. The molecule has 0 atom stereocenters. The average molecular weight is 221 g/mol. The molecule has 0 aromatic carbocycles. The second-order valence-corrected chi connectivity index (χ2v) is 2.99. The van der Waals surface area contributed by atoms with Gasteiger partial charge in [0.15, 0.2) is 5.82 Å². The zero-order chi connectivity index (χ0) is 10.8. The van der Waals surface area contributed by atoms with Crippen molar-refractivity contribution in [2.45, 2.75) is 0 Å². The summed E-state index contributed by atoms with van der Waals surface area (Å²) in [4.78, 5) is 11.5. The van der Waals surface area contributed by atoms with Crippen molar-refractivity contribution in [1.29, 1.82) is 5.26 Å². The summed E-state index contributed by atoms with van der Waals surface area (Å²) in [5.41, 5.74) is 5.99. The third-order valence-electron chi connectivity index (χ3n) is 1.74. The lowest BCUT2D eigenvalue weighted by molar-refractivity contribution is 0.954. The van der Waals surface area contributed by atoms with Gasteiger partial charge in [0.2, 0.25) is 11.1 Å². The number of nitrogens with two attached hydrogens (primary N) is 1. The van der Waals surface area contributed by atoms with Crippen LogP contribution in [-0.2, 0) is 0 Å². The number of anilines is 1. The first kappa shape index (κ1) is 9.43. The molecule has 2 N–H and O–H groups in total. The largest absolute Gasteiger partial charge is 0.394 e. The van der Waals surface area contributed by atoms with Gasteiger partial charge in [0.05, 0.1) is 11.9 Å². The van der Waals surface area contributed by atoms with Crippen LogP contribution in [0.5, 0.6) is 0 Å². The Hall–Kier alpha value is -2.13. The normalized spacial score (nSPS) is 9.87. The molecule has 0 saturated carbocycles. The minimum Gasteiger partial charge on any atom is -0.394 e. The Labute approximate surface area is 90.0 Å². The van der Waals surface area contributed by atoms with Crippen LogP contribution in [0.4, 0.5) is 5.69 Å². The monoisotopic (exact) mass is 220 g/mol. The molecule has 74 valence electrons. The van der Waals surface area contributed by atoms with Crippen molar-refractivity contribution < 1.29 is 0 Å². The molecule has 0 aliphatic carbocycles. The van der Waals surface area contributed by atoms with Crippen LogP contribution in [0.2, 0.25) is 5.28 Å². The van der Waals surface area contributed by atoms with Gasteiger partial charge in [-0.15, -0.1) is 0 Å². The number of nitrogens with zero attached hydrogens (tertiary/aromatic N) is 5. The maximum Gasteiger partial charge on any atom is 0.224 e. The van der Waals surface area contributed by atoms with E-state index in [9.17, 15) is 0 Å². The lowest BCUT2D eigenvalue weighted by Crippen LogP contribution is -2.05. The molecular weight excluding hydrogens is 216 g/mol. The Balaban J connectivity index is 2.64. The molecule has 0 bridgehead atoms. The molecular formula is C8H5ClN6. The van der Waals surface area contributed by atoms with E-state index in [0.29, 0.717) is 11.5 Å². The zero-order valence-electron chi connectivity index (χ0n) is 7.42. The number of hydrogen-bond acceptors (Lipinski definition) is 5. The highest BCUT2D eigenvalue weighted by atomic mass is 35.5. The molecule has 2 aromatic heterocycles. The van der Waals surface area contributed by atoms with Crippen molar-refractivity contribution in [1.82, 2.24) is 19.5 Å². The summed E-state index contributed by atoms with van der Waals surface area (Å²) in [6.45, 7) is 0. The molecule has 0 fully saturated rings. The van der Waals surface area contributed by atoms with Gasteiger partial charge in [0.25, 0.3) is 0 Å². The fraction of sp³-hybridized carbons (Fsp3) is 0. The fourth-order valence-corrected chi connectivity index (χ4v) is 1.24. The van der Waals surface area contributed by atoms with Crippen LogP contribution in [0.15, 0.2) is 18.6 Å². The molecule has 2 heterocycles. The third kappa shape index (κ3) is 1.60. The summed E-state index contributed by atoms with van der Waals surface area (Å²) in [6.07, 6.45) is 4.44. The Morgan fingerprint density at radius 1 is 1.47 bits per heavy atom. The number of aromatic nitrogens is 4. The topological polar surface area (TPSA) is 93.4 Å². The summed E-state index contributed by atoms with van der Waals surface area (Å²) in [6, 6.07) is 1.91. The van der Waals surface area contributed by atoms with Gasteiger partial charge >= 0.3 is 0 Å². The summed E-state index contributed by atoms with van der Waals surface area (Å²) in [5, 5.41) is 8.84. The van der Waals surface area contributed by atoms with E-state index in [-0.39, 0.29) is 11.1 Å². The van der Waals surface area contributed by atoms with Crippen molar-refractivity contribution in [2.75, 3.05) is 5.73 Å². The van der Waals surface area contributed by atoms with Crippen LogP contribution in [0.1, 0.15) is 5.82 Å². The fourth-order valence-electron chi connectivity index (χ4n) is 1.11. The maximum absolute atomic E-state index is 8.78. The van der Waals surface area contributed by atoms with Crippen LogP contribution < -0.4 is 5.73 Å². The van der Waals surface area contributed by atoms with Crippen molar-refractivity contribution >= 4 is 17.3 Å². The summed E-state index contributed by atoms with van der Waals surface area (Å²) in [7, 11) is 0. The van der Waals surface area contributed by atoms with Gasteiger partial charge in [0, 0.05) is 12.4 Å². The quantitative estimate of drug-likeness (QED) is 0.717. The van der Waals surface area contributed by atoms with Crippen LogP contribution in [0, 0.1) is 11.3 Å². The highest BCUT2D eigenvalue weighted by Gasteiger charge is 2.09. The molecule has 0 radical (unpaired) electrons. The minimum atomic E-state index is 0.0665. The number of nitrogen functional groups attached to an aromatic ring is 1. The molecule has 2 rings (SSSR count).